The second-order valence-electron chi connectivity index (χ2n) is 6.53. The summed E-state index contributed by atoms with van der Waals surface area (Å²) in [5.74, 6) is 1.01. The van der Waals surface area contributed by atoms with Crippen LogP contribution in [0, 0.1) is 0 Å². The van der Waals surface area contributed by atoms with E-state index in [1.165, 1.54) is 17.9 Å². The van der Waals surface area contributed by atoms with Crippen LogP contribution in [0.5, 0.6) is 0 Å². The maximum absolute atomic E-state index is 10.5. The molecule has 0 aromatic heterocycles. The van der Waals surface area contributed by atoms with Gasteiger partial charge in [0, 0.05) is 11.9 Å². The van der Waals surface area contributed by atoms with Crippen LogP contribution in [-0.2, 0) is 0 Å². The summed E-state index contributed by atoms with van der Waals surface area (Å²) in [7, 11) is 2.19. The summed E-state index contributed by atoms with van der Waals surface area (Å²) in [6.45, 7) is 10.8. The first kappa shape index (κ1) is 14.6. The maximum atomic E-state index is 10.5. The summed E-state index contributed by atoms with van der Waals surface area (Å²) in [4.78, 5) is 4.66. The molecule has 0 unspecified atom stereocenters. The zero-order chi connectivity index (χ0) is 13.6. The van der Waals surface area contributed by atoms with E-state index in [-0.39, 0.29) is 10.5 Å². The molecule has 18 heavy (non-hydrogen) atoms. The number of rotatable bonds is 1. The fourth-order valence-electron chi connectivity index (χ4n) is 3.09. The number of thioether (sulfide) groups is 1. The first-order chi connectivity index (χ1) is 8.25. The van der Waals surface area contributed by atoms with Crippen molar-refractivity contribution in [1.29, 1.82) is 0 Å². The fraction of sp³-hybridized carbons (Fsp3) is 1.00. The Hall–Kier alpha value is 0.190. The van der Waals surface area contributed by atoms with Crippen molar-refractivity contribution < 1.29 is 5.21 Å². The quantitative estimate of drug-likeness (QED) is 0.791. The molecule has 2 fully saturated rings. The van der Waals surface area contributed by atoms with Crippen molar-refractivity contribution >= 4 is 11.8 Å². The molecular weight excluding hydrogens is 246 g/mol. The fourth-order valence-corrected chi connectivity index (χ4v) is 4.41. The van der Waals surface area contributed by atoms with Gasteiger partial charge in [0.25, 0.3) is 0 Å². The molecule has 0 spiro atoms. The van der Waals surface area contributed by atoms with Crippen LogP contribution < -0.4 is 0 Å². The average Bonchev–Trinajstić information content (AvgIpc) is 2.28. The largest absolute Gasteiger partial charge is 0.311 e. The predicted octanol–water partition coefficient (Wildman–Crippen LogP) is 2.25. The van der Waals surface area contributed by atoms with E-state index in [0.29, 0.717) is 6.04 Å². The van der Waals surface area contributed by atoms with E-state index in [1.807, 2.05) is 11.8 Å². The maximum Gasteiger partial charge on any atom is 0.0943 e. The average molecular weight is 273 g/mol. The Bertz CT molecular complexity index is 301. The zero-order valence-corrected chi connectivity index (χ0v) is 13.1. The van der Waals surface area contributed by atoms with E-state index >= 15 is 0 Å². The van der Waals surface area contributed by atoms with Crippen molar-refractivity contribution in [1.82, 2.24) is 14.9 Å². The molecule has 2 aliphatic heterocycles. The minimum atomic E-state index is -0.282. The van der Waals surface area contributed by atoms with Gasteiger partial charge in [-0.1, -0.05) is 0 Å². The summed E-state index contributed by atoms with van der Waals surface area (Å²) in [5, 5.41) is 12.0. The van der Waals surface area contributed by atoms with E-state index in [9.17, 15) is 5.21 Å². The van der Waals surface area contributed by atoms with Crippen molar-refractivity contribution in [3.63, 3.8) is 0 Å². The van der Waals surface area contributed by atoms with Gasteiger partial charge in [0.05, 0.1) is 10.5 Å². The monoisotopic (exact) mass is 273 g/mol. The Morgan fingerprint density at radius 2 is 1.67 bits per heavy atom. The topological polar surface area (TPSA) is 30.0 Å². The Kier molecular flexibility index (Phi) is 4.01. The normalized spacial score (nSPS) is 31.7. The molecule has 0 atom stereocenters. The van der Waals surface area contributed by atoms with Gasteiger partial charge >= 0.3 is 0 Å². The lowest BCUT2D eigenvalue weighted by Gasteiger charge is -2.57. The molecule has 0 aromatic rings. The molecule has 0 bridgehead atoms. The van der Waals surface area contributed by atoms with Crippen LogP contribution in [0.2, 0.25) is 0 Å². The van der Waals surface area contributed by atoms with Crippen molar-refractivity contribution in [2.75, 3.05) is 26.0 Å². The molecule has 0 amide bonds. The highest BCUT2D eigenvalue weighted by Gasteiger charge is 2.48. The predicted molar refractivity (Wildman–Crippen MR) is 76.6 cm³/mol. The third-order valence-corrected chi connectivity index (χ3v) is 5.70. The summed E-state index contributed by atoms with van der Waals surface area (Å²) in [5.41, 5.74) is -0.282. The van der Waals surface area contributed by atoms with Crippen LogP contribution in [0.15, 0.2) is 0 Å². The lowest BCUT2D eigenvalue weighted by atomic mass is 10.00. The van der Waals surface area contributed by atoms with Gasteiger partial charge in [-0.15, -0.1) is 11.8 Å². The molecule has 5 heteroatoms. The third-order valence-electron chi connectivity index (χ3n) is 4.42. The van der Waals surface area contributed by atoms with Gasteiger partial charge in [-0.25, -0.2) is 0 Å². The molecule has 0 aliphatic carbocycles. The number of hydrogen-bond donors (Lipinski definition) is 1. The molecule has 0 aromatic carbocycles. The van der Waals surface area contributed by atoms with Crippen LogP contribution in [0.1, 0.15) is 40.5 Å². The molecule has 2 heterocycles. The van der Waals surface area contributed by atoms with Crippen molar-refractivity contribution in [2.45, 2.75) is 57.1 Å². The van der Waals surface area contributed by atoms with Gasteiger partial charge in [-0.2, -0.15) is 5.06 Å². The SMILES string of the molecule is CN1CCC(N2CSC(C)(C)N(O)C2(C)C)CC1. The second kappa shape index (κ2) is 4.94. The Balaban J connectivity index is 2.10. The van der Waals surface area contributed by atoms with Gasteiger partial charge in [-0.3, -0.25) is 4.90 Å². The minimum Gasteiger partial charge on any atom is -0.311 e. The summed E-state index contributed by atoms with van der Waals surface area (Å²) in [6, 6.07) is 0.592. The number of piperidine rings is 1. The number of hydrogen-bond acceptors (Lipinski definition) is 5. The molecule has 1 N–H and O–H groups in total. The standard InChI is InChI=1S/C13H27N3OS/c1-12(2)15(10-18-13(3,4)16(12)17)11-6-8-14(5)9-7-11/h11,17H,6-10H2,1-5H3. The number of nitrogens with zero attached hydrogens (tertiary/aromatic N) is 3. The smallest absolute Gasteiger partial charge is 0.0943 e. The Morgan fingerprint density at radius 1 is 1.11 bits per heavy atom. The lowest BCUT2D eigenvalue weighted by Crippen LogP contribution is -2.67. The van der Waals surface area contributed by atoms with Crippen LogP contribution in [-0.4, -0.2) is 62.7 Å². The van der Waals surface area contributed by atoms with E-state index < -0.39 is 0 Å². The van der Waals surface area contributed by atoms with Gasteiger partial charge < -0.3 is 10.1 Å². The van der Waals surface area contributed by atoms with Crippen LogP contribution in [0.25, 0.3) is 0 Å². The Labute approximate surface area is 115 Å². The second-order valence-corrected chi connectivity index (χ2v) is 8.08. The molecule has 2 aliphatic rings. The summed E-state index contributed by atoms with van der Waals surface area (Å²) >= 11 is 1.82. The van der Waals surface area contributed by atoms with Crippen molar-refractivity contribution in [2.24, 2.45) is 0 Å². The highest BCUT2D eigenvalue weighted by Crippen LogP contribution is 2.42. The van der Waals surface area contributed by atoms with Crippen LogP contribution >= 0.6 is 11.8 Å². The van der Waals surface area contributed by atoms with Gasteiger partial charge in [0.15, 0.2) is 0 Å². The van der Waals surface area contributed by atoms with E-state index in [1.54, 1.807) is 0 Å². The number of likely N-dealkylation sites (tertiary alicyclic amines) is 1. The van der Waals surface area contributed by atoms with Crippen molar-refractivity contribution in [3.05, 3.63) is 0 Å². The molecular formula is C13H27N3OS. The third kappa shape index (κ3) is 2.56. The number of hydroxylamine groups is 2. The lowest BCUT2D eigenvalue weighted by molar-refractivity contribution is -0.256. The minimum absolute atomic E-state index is 0.203. The highest BCUT2D eigenvalue weighted by molar-refractivity contribution is 8.00. The Morgan fingerprint density at radius 3 is 2.22 bits per heavy atom. The molecule has 0 saturated carbocycles. The van der Waals surface area contributed by atoms with E-state index in [2.05, 4.69) is 44.5 Å². The van der Waals surface area contributed by atoms with Crippen molar-refractivity contribution in [3.8, 4) is 0 Å². The highest BCUT2D eigenvalue weighted by atomic mass is 32.2. The molecule has 106 valence electrons. The summed E-state index contributed by atoms with van der Waals surface area (Å²) in [6.07, 6.45) is 2.41. The molecule has 2 rings (SSSR count). The van der Waals surface area contributed by atoms with E-state index in [0.717, 1.165) is 19.0 Å². The molecule has 4 nitrogen and oxygen atoms in total. The first-order valence-corrected chi connectivity index (χ1v) is 7.82. The van der Waals surface area contributed by atoms with Crippen LogP contribution in [0.4, 0.5) is 0 Å². The van der Waals surface area contributed by atoms with Gasteiger partial charge in [0.1, 0.15) is 0 Å². The van der Waals surface area contributed by atoms with Gasteiger partial charge in [0.2, 0.25) is 0 Å². The zero-order valence-electron chi connectivity index (χ0n) is 12.3. The summed E-state index contributed by atoms with van der Waals surface area (Å²) < 4.78 is 0. The van der Waals surface area contributed by atoms with E-state index in [4.69, 9.17) is 0 Å². The van der Waals surface area contributed by atoms with Crippen LogP contribution in [0.3, 0.4) is 0 Å². The first-order valence-electron chi connectivity index (χ1n) is 6.83. The molecule has 2 saturated heterocycles. The van der Waals surface area contributed by atoms with Gasteiger partial charge in [-0.05, 0) is 60.7 Å². The molecule has 0 radical (unpaired) electrons.